The minimum Gasteiger partial charge on any atom is -0.381 e. The molecular formula is C17H25N3O3. The maximum absolute atomic E-state index is 12.2. The summed E-state index contributed by atoms with van der Waals surface area (Å²) in [6.45, 7) is 2.25. The normalized spacial score (nSPS) is 18.0. The Bertz CT molecular complexity index is 503. The number of aliphatic hydroxyl groups is 1. The smallest absolute Gasteiger partial charge is 0.251 e. The topological polar surface area (TPSA) is 82.5 Å². The second-order valence-electron chi connectivity index (χ2n) is 6.15. The summed E-state index contributed by atoms with van der Waals surface area (Å²) in [5.41, 5.74) is 0.599. The molecule has 0 aromatic carbocycles. The summed E-state index contributed by atoms with van der Waals surface area (Å²) in [6, 6.07) is 2.68. The van der Waals surface area contributed by atoms with Gasteiger partial charge in [-0.05, 0) is 37.8 Å². The monoisotopic (exact) mass is 319 g/mol. The summed E-state index contributed by atoms with van der Waals surface area (Å²) in [7, 11) is 0. The van der Waals surface area contributed by atoms with Gasteiger partial charge in [-0.25, -0.2) is 0 Å². The highest BCUT2D eigenvalue weighted by molar-refractivity contribution is 5.84. The molecule has 23 heavy (non-hydrogen) atoms. The van der Waals surface area contributed by atoms with Gasteiger partial charge in [0.2, 0.25) is 6.41 Å². The lowest BCUT2D eigenvalue weighted by Gasteiger charge is -2.29. The number of aliphatic hydroxyl groups excluding tert-OH is 1. The van der Waals surface area contributed by atoms with Gasteiger partial charge in [0.1, 0.15) is 0 Å². The lowest BCUT2D eigenvalue weighted by Crippen LogP contribution is -2.49. The molecule has 2 atom stereocenters. The van der Waals surface area contributed by atoms with E-state index in [1.54, 1.807) is 31.5 Å². The second-order valence-corrected chi connectivity index (χ2v) is 6.15. The van der Waals surface area contributed by atoms with E-state index in [0.29, 0.717) is 24.6 Å². The molecule has 0 radical (unpaired) electrons. The quantitative estimate of drug-likeness (QED) is 0.746. The molecule has 2 amide bonds. The van der Waals surface area contributed by atoms with Crippen LogP contribution in [-0.4, -0.2) is 41.1 Å². The van der Waals surface area contributed by atoms with Crippen LogP contribution in [0.2, 0.25) is 0 Å². The number of carbonyl (C=O) groups is 2. The third-order valence-electron chi connectivity index (χ3n) is 4.53. The summed E-state index contributed by atoms with van der Waals surface area (Å²) in [5.74, 6) is 0.0709. The van der Waals surface area contributed by atoms with Crippen molar-refractivity contribution in [2.45, 2.75) is 51.2 Å². The van der Waals surface area contributed by atoms with Gasteiger partial charge in [-0.15, -0.1) is 0 Å². The zero-order chi connectivity index (χ0) is 16.7. The number of amides is 2. The predicted molar refractivity (Wildman–Crippen MR) is 87.8 cm³/mol. The van der Waals surface area contributed by atoms with Crippen LogP contribution in [-0.2, 0) is 9.59 Å². The van der Waals surface area contributed by atoms with E-state index in [4.69, 9.17) is 0 Å². The van der Waals surface area contributed by atoms with Crippen LogP contribution >= 0.6 is 0 Å². The molecular weight excluding hydrogens is 294 g/mol. The summed E-state index contributed by atoms with van der Waals surface area (Å²) >= 11 is 0. The molecule has 1 aliphatic rings. The zero-order valence-electron chi connectivity index (χ0n) is 13.5. The molecule has 126 valence electrons. The fourth-order valence-electron chi connectivity index (χ4n) is 3.02. The number of hydrogen-bond acceptors (Lipinski definition) is 4. The number of nitrogens with zero attached hydrogens (tertiary/aromatic N) is 2. The van der Waals surface area contributed by atoms with Crippen molar-refractivity contribution in [3.05, 3.63) is 24.5 Å². The van der Waals surface area contributed by atoms with Gasteiger partial charge in [-0.3, -0.25) is 14.6 Å². The Kier molecular flexibility index (Phi) is 6.52. The standard InChI is InChI=1S/C17H25N3O3/c1-13(20(12-21)15-7-9-18-10-8-15)16(22)17(23)19-11-14-5-3-2-4-6-14/h7-10,12-14,16,22H,2-6,11H2,1H3,(H,19,23). The fourth-order valence-corrected chi connectivity index (χ4v) is 3.02. The molecule has 1 fully saturated rings. The molecule has 6 nitrogen and oxygen atoms in total. The lowest BCUT2D eigenvalue weighted by atomic mass is 9.89. The first kappa shape index (κ1) is 17.4. The van der Waals surface area contributed by atoms with Crippen molar-refractivity contribution in [2.24, 2.45) is 5.92 Å². The van der Waals surface area contributed by atoms with Gasteiger partial charge in [0.05, 0.1) is 6.04 Å². The SMILES string of the molecule is CC(C(O)C(=O)NCC1CCCCC1)N(C=O)c1ccncc1. The van der Waals surface area contributed by atoms with Crippen LogP contribution in [0.3, 0.4) is 0 Å². The first-order valence-corrected chi connectivity index (χ1v) is 8.23. The summed E-state index contributed by atoms with van der Waals surface area (Å²) < 4.78 is 0. The first-order valence-electron chi connectivity index (χ1n) is 8.23. The molecule has 1 saturated carbocycles. The van der Waals surface area contributed by atoms with E-state index in [1.807, 2.05) is 0 Å². The van der Waals surface area contributed by atoms with E-state index in [0.717, 1.165) is 12.8 Å². The Morgan fingerprint density at radius 1 is 1.39 bits per heavy atom. The van der Waals surface area contributed by atoms with E-state index in [1.165, 1.54) is 24.2 Å². The lowest BCUT2D eigenvalue weighted by molar-refractivity contribution is -0.130. The van der Waals surface area contributed by atoms with Crippen LogP contribution in [0.15, 0.2) is 24.5 Å². The third-order valence-corrected chi connectivity index (χ3v) is 4.53. The molecule has 1 aromatic rings. The Balaban J connectivity index is 1.90. The second kappa shape index (κ2) is 8.62. The number of pyridine rings is 1. The van der Waals surface area contributed by atoms with Crippen LogP contribution < -0.4 is 10.2 Å². The minimum absolute atomic E-state index is 0.427. The maximum Gasteiger partial charge on any atom is 0.251 e. The average molecular weight is 319 g/mol. The zero-order valence-corrected chi connectivity index (χ0v) is 13.5. The molecule has 0 aliphatic heterocycles. The van der Waals surface area contributed by atoms with E-state index in [9.17, 15) is 14.7 Å². The van der Waals surface area contributed by atoms with Crippen LogP contribution in [0.25, 0.3) is 0 Å². The van der Waals surface area contributed by atoms with E-state index in [-0.39, 0.29) is 0 Å². The number of rotatable bonds is 7. The maximum atomic E-state index is 12.2. The molecule has 6 heteroatoms. The van der Waals surface area contributed by atoms with Crippen molar-refractivity contribution in [3.63, 3.8) is 0 Å². The van der Waals surface area contributed by atoms with Crippen molar-refractivity contribution in [1.82, 2.24) is 10.3 Å². The highest BCUT2D eigenvalue weighted by atomic mass is 16.3. The van der Waals surface area contributed by atoms with Gasteiger partial charge in [0.15, 0.2) is 6.10 Å². The molecule has 2 rings (SSSR count). The minimum atomic E-state index is -1.27. The molecule has 2 N–H and O–H groups in total. The van der Waals surface area contributed by atoms with Crippen LogP contribution in [0.5, 0.6) is 0 Å². The average Bonchev–Trinajstić information content (AvgIpc) is 2.61. The van der Waals surface area contributed by atoms with Crippen LogP contribution in [0.1, 0.15) is 39.0 Å². The molecule has 0 saturated heterocycles. The van der Waals surface area contributed by atoms with Gasteiger partial charge in [0, 0.05) is 24.6 Å². The van der Waals surface area contributed by atoms with E-state index >= 15 is 0 Å². The molecule has 0 bridgehead atoms. The van der Waals surface area contributed by atoms with Gasteiger partial charge in [0.25, 0.3) is 5.91 Å². The number of aromatic nitrogens is 1. The van der Waals surface area contributed by atoms with Gasteiger partial charge < -0.3 is 15.3 Å². The molecule has 1 aromatic heterocycles. The van der Waals surface area contributed by atoms with Gasteiger partial charge >= 0.3 is 0 Å². The molecule has 2 unspecified atom stereocenters. The highest BCUT2D eigenvalue weighted by Gasteiger charge is 2.28. The van der Waals surface area contributed by atoms with Crippen LogP contribution in [0.4, 0.5) is 5.69 Å². The number of hydrogen-bond donors (Lipinski definition) is 2. The van der Waals surface area contributed by atoms with Gasteiger partial charge in [-0.1, -0.05) is 19.3 Å². The van der Waals surface area contributed by atoms with Crippen molar-refractivity contribution >= 4 is 18.0 Å². The number of anilines is 1. The summed E-state index contributed by atoms with van der Waals surface area (Å²) in [6.07, 6.45) is 8.43. The Labute approximate surface area is 136 Å². The number of nitrogens with one attached hydrogen (secondary N) is 1. The highest BCUT2D eigenvalue weighted by Crippen LogP contribution is 2.23. The summed E-state index contributed by atoms with van der Waals surface area (Å²) in [4.78, 5) is 28.7. The Morgan fingerprint density at radius 2 is 2.04 bits per heavy atom. The largest absolute Gasteiger partial charge is 0.381 e. The van der Waals surface area contributed by atoms with E-state index in [2.05, 4.69) is 10.3 Å². The number of carbonyl (C=O) groups excluding carboxylic acids is 2. The van der Waals surface area contributed by atoms with Crippen molar-refractivity contribution in [2.75, 3.05) is 11.4 Å². The van der Waals surface area contributed by atoms with Crippen LogP contribution in [0, 0.1) is 5.92 Å². The first-order chi connectivity index (χ1) is 11.1. The van der Waals surface area contributed by atoms with Crippen molar-refractivity contribution in [1.29, 1.82) is 0 Å². The molecule has 1 heterocycles. The molecule has 1 aliphatic carbocycles. The van der Waals surface area contributed by atoms with E-state index < -0.39 is 18.1 Å². The predicted octanol–water partition coefficient (Wildman–Crippen LogP) is 1.49. The van der Waals surface area contributed by atoms with Gasteiger partial charge in [-0.2, -0.15) is 0 Å². The molecule has 0 spiro atoms. The summed E-state index contributed by atoms with van der Waals surface area (Å²) in [5, 5.41) is 13.1. The third kappa shape index (κ3) is 4.76. The fraction of sp³-hybridized carbons (Fsp3) is 0.588. The van der Waals surface area contributed by atoms with Crippen molar-refractivity contribution in [3.8, 4) is 0 Å². The van der Waals surface area contributed by atoms with Crippen molar-refractivity contribution < 1.29 is 14.7 Å². The Hall–Kier alpha value is -1.95. The Morgan fingerprint density at radius 3 is 2.65 bits per heavy atom.